The number of Topliss-reactive ketones (excluding diaryl/α,β-unsaturated/α-hetero) is 1. The average molecular weight is 237 g/mol. The molecule has 1 heterocycles. The molecule has 0 amide bonds. The van der Waals surface area contributed by atoms with Crippen molar-refractivity contribution in [1.82, 2.24) is 4.90 Å². The third kappa shape index (κ3) is 3.80. The summed E-state index contributed by atoms with van der Waals surface area (Å²) in [5.41, 5.74) is 0. The fourth-order valence-electron chi connectivity index (χ4n) is 3.49. The van der Waals surface area contributed by atoms with Crippen molar-refractivity contribution in [2.24, 2.45) is 17.8 Å². The largest absolute Gasteiger partial charge is 0.302 e. The number of likely N-dealkylation sites (tertiary alicyclic amines) is 1. The molecule has 2 aliphatic rings. The first-order valence-corrected chi connectivity index (χ1v) is 7.40. The summed E-state index contributed by atoms with van der Waals surface area (Å²) in [6, 6.07) is 0. The van der Waals surface area contributed by atoms with E-state index in [0.29, 0.717) is 5.78 Å². The molecule has 1 aliphatic carbocycles. The zero-order valence-corrected chi connectivity index (χ0v) is 11.5. The van der Waals surface area contributed by atoms with Gasteiger partial charge in [0.05, 0.1) is 0 Å². The van der Waals surface area contributed by atoms with Crippen LogP contribution in [0.5, 0.6) is 0 Å². The summed E-state index contributed by atoms with van der Waals surface area (Å²) in [7, 11) is 0. The molecule has 2 heteroatoms. The van der Waals surface area contributed by atoms with Gasteiger partial charge in [-0.3, -0.25) is 4.79 Å². The molecule has 3 unspecified atom stereocenters. The maximum Gasteiger partial charge on any atom is 0.138 e. The van der Waals surface area contributed by atoms with Crippen LogP contribution in [0.15, 0.2) is 0 Å². The molecule has 0 spiro atoms. The lowest BCUT2D eigenvalue weighted by molar-refractivity contribution is -0.125. The maximum absolute atomic E-state index is 11.5. The summed E-state index contributed by atoms with van der Waals surface area (Å²) in [5, 5.41) is 0. The molecule has 0 aromatic carbocycles. The summed E-state index contributed by atoms with van der Waals surface area (Å²) in [6.07, 6.45) is 7.87. The quantitative estimate of drug-likeness (QED) is 0.751. The Bertz CT molecular complexity index is 264. The zero-order chi connectivity index (χ0) is 12.3. The standard InChI is InChI=1S/C15H27NO/c1-12-4-3-5-14(10-12)6-8-16-9-7-15(17)13(2)11-16/h12-14H,3-11H2,1-2H3. The van der Waals surface area contributed by atoms with Crippen molar-refractivity contribution in [2.45, 2.75) is 52.4 Å². The van der Waals surface area contributed by atoms with Crippen molar-refractivity contribution in [3.8, 4) is 0 Å². The molecular weight excluding hydrogens is 210 g/mol. The SMILES string of the molecule is CC1CCCC(CCN2CCC(=O)C(C)C2)C1. The van der Waals surface area contributed by atoms with E-state index in [1.165, 1.54) is 38.6 Å². The Hall–Kier alpha value is -0.370. The van der Waals surface area contributed by atoms with Gasteiger partial charge in [-0.25, -0.2) is 0 Å². The van der Waals surface area contributed by atoms with Gasteiger partial charge in [0, 0.05) is 25.4 Å². The third-order valence-electron chi connectivity index (χ3n) is 4.65. The second-order valence-corrected chi connectivity index (χ2v) is 6.34. The predicted octanol–water partition coefficient (Wildman–Crippen LogP) is 3.11. The van der Waals surface area contributed by atoms with E-state index in [1.807, 2.05) is 0 Å². The number of hydrogen-bond donors (Lipinski definition) is 0. The van der Waals surface area contributed by atoms with Crippen molar-refractivity contribution in [3.05, 3.63) is 0 Å². The van der Waals surface area contributed by atoms with E-state index < -0.39 is 0 Å². The van der Waals surface area contributed by atoms with Crippen LogP contribution in [-0.2, 0) is 4.79 Å². The number of rotatable bonds is 3. The lowest BCUT2D eigenvalue weighted by atomic mass is 9.80. The highest BCUT2D eigenvalue weighted by atomic mass is 16.1. The molecule has 2 rings (SSSR count). The van der Waals surface area contributed by atoms with E-state index in [-0.39, 0.29) is 5.92 Å². The van der Waals surface area contributed by atoms with Crippen molar-refractivity contribution in [2.75, 3.05) is 19.6 Å². The van der Waals surface area contributed by atoms with E-state index in [9.17, 15) is 4.79 Å². The van der Waals surface area contributed by atoms with Crippen LogP contribution in [0, 0.1) is 17.8 Å². The van der Waals surface area contributed by atoms with Crippen molar-refractivity contribution in [3.63, 3.8) is 0 Å². The summed E-state index contributed by atoms with van der Waals surface area (Å²) >= 11 is 0. The number of ketones is 1. The van der Waals surface area contributed by atoms with Gasteiger partial charge in [0.1, 0.15) is 5.78 Å². The summed E-state index contributed by atoms with van der Waals surface area (Å²) in [5.74, 6) is 2.63. The molecule has 1 saturated heterocycles. The van der Waals surface area contributed by atoms with Crippen LogP contribution in [0.2, 0.25) is 0 Å². The number of carbonyl (C=O) groups is 1. The van der Waals surface area contributed by atoms with E-state index >= 15 is 0 Å². The Balaban J connectivity index is 1.69. The van der Waals surface area contributed by atoms with E-state index in [2.05, 4.69) is 18.7 Å². The Morgan fingerprint density at radius 1 is 1.29 bits per heavy atom. The summed E-state index contributed by atoms with van der Waals surface area (Å²) < 4.78 is 0. The van der Waals surface area contributed by atoms with Crippen LogP contribution in [-0.4, -0.2) is 30.3 Å². The van der Waals surface area contributed by atoms with Crippen LogP contribution in [0.4, 0.5) is 0 Å². The van der Waals surface area contributed by atoms with Crippen molar-refractivity contribution < 1.29 is 4.79 Å². The number of carbonyl (C=O) groups excluding carboxylic acids is 1. The molecule has 0 bridgehead atoms. The number of nitrogens with zero attached hydrogens (tertiary/aromatic N) is 1. The van der Waals surface area contributed by atoms with Crippen molar-refractivity contribution >= 4 is 5.78 Å². The molecule has 17 heavy (non-hydrogen) atoms. The van der Waals surface area contributed by atoms with E-state index in [4.69, 9.17) is 0 Å². The molecular formula is C15H27NO. The molecule has 0 aromatic heterocycles. The van der Waals surface area contributed by atoms with Gasteiger partial charge in [0.25, 0.3) is 0 Å². The van der Waals surface area contributed by atoms with Gasteiger partial charge in [-0.2, -0.15) is 0 Å². The molecule has 1 saturated carbocycles. The zero-order valence-electron chi connectivity index (χ0n) is 11.5. The molecule has 0 aromatic rings. The first-order chi connectivity index (χ1) is 8.15. The average Bonchev–Trinajstić information content (AvgIpc) is 2.31. The van der Waals surface area contributed by atoms with E-state index in [0.717, 1.165) is 31.3 Å². The van der Waals surface area contributed by atoms with Gasteiger partial charge in [0.15, 0.2) is 0 Å². The molecule has 0 N–H and O–H groups in total. The van der Waals surface area contributed by atoms with Crippen LogP contribution in [0.25, 0.3) is 0 Å². The fourth-order valence-corrected chi connectivity index (χ4v) is 3.49. The minimum absolute atomic E-state index is 0.272. The van der Waals surface area contributed by atoms with Gasteiger partial charge >= 0.3 is 0 Å². The van der Waals surface area contributed by atoms with Crippen molar-refractivity contribution in [1.29, 1.82) is 0 Å². The molecule has 1 aliphatic heterocycles. The smallest absolute Gasteiger partial charge is 0.138 e. The van der Waals surface area contributed by atoms with Gasteiger partial charge in [-0.1, -0.05) is 33.1 Å². The minimum atomic E-state index is 0.272. The van der Waals surface area contributed by atoms with Gasteiger partial charge in [-0.15, -0.1) is 0 Å². The van der Waals surface area contributed by atoms with Crippen LogP contribution >= 0.6 is 0 Å². The summed E-state index contributed by atoms with van der Waals surface area (Å²) in [6.45, 7) is 7.70. The normalized spacial score (nSPS) is 36.1. The highest BCUT2D eigenvalue weighted by Crippen LogP contribution is 2.31. The minimum Gasteiger partial charge on any atom is -0.302 e. The second kappa shape index (κ2) is 5.99. The third-order valence-corrected chi connectivity index (χ3v) is 4.65. The van der Waals surface area contributed by atoms with Crippen LogP contribution in [0.3, 0.4) is 0 Å². The molecule has 2 fully saturated rings. The lowest BCUT2D eigenvalue weighted by Crippen LogP contribution is -2.40. The van der Waals surface area contributed by atoms with Gasteiger partial charge in [-0.05, 0) is 31.2 Å². The molecule has 0 radical (unpaired) electrons. The highest BCUT2D eigenvalue weighted by Gasteiger charge is 2.24. The first kappa shape index (κ1) is 13.1. The van der Waals surface area contributed by atoms with Crippen LogP contribution in [0.1, 0.15) is 52.4 Å². The predicted molar refractivity (Wildman–Crippen MR) is 71.0 cm³/mol. The Labute approximate surface area is 106 Å². The van der Waals surface area contributed by atoms with Gasteiger partial charge < -0.3 is 4.90 Å². The van der Waals surface area contributed by atoms with Crippen LogP contribution < -0.4 is 0 Å². The molecule has 98 valence electrons. The monoisotopic (exact) mass is 237 g/mol. The number of hydrogen-bond acceptors (Lipinski definition) is 2. The lowest BCUT2D eigenvalue weighted by Gasteiger charge is -2.33. The fraction of sp³-hybridized carbons (Fsp3) is 0.933. The van der Waals surface area contributed by atoms with E-state index in [1.54, 1.807) is 0 Å². The number of piperidine rings is 1. The second-order valence-electron chi connectivity index (χ2n) is 6.34. The maximum atomic E-state index is 11.5. The Kier molecular flexibility index (Phi) is 4.61. The van der Waals surface area contributed by atoms with Gasteiger partial charge in [0.2, 0.25) is 0 Å². The molecule has 2 nitrogen and oxygen atoms in total. The Morgan fingerprint density at radius 3 is 2.82 bits per heavy atom. The molecule has 3 atom stereocenters. The Morgan fingerprint density at radius 2 is 2.12 bits per heavy atom. The topological polar surface area (TPSA) is 20.3 Å². The highest BCUT2D eigenvalue weighted by molar-refractivity contribution is 5.81. The summed E-state index contributed by atoms with van der Waals surface area (Å²) in [4.78, 5) is 14.0. The first-order valence-electron chi connectivity index (χ1n) is 7.40.